The number of rotatable bonds is 8. The van der Waals surface area contributed by atoms with E-state index in [9.17, 15) is 14.7 Å². The molecule has 0 aromatic carbocycles. The van der Waals surface area contributed by atoms with E-state index in [2.05, 4.69) is 21.9 Å². The molecule has 1 aromatic heterocycles. The largest absolute Gasteiger partial charge is 0.507 e. The number of hydrogen-bond acceptors (Lipinski definition) is 8. The zero-order valence-corrected chi connectivity index (χ0v) is 19.1. The smallest absolute Gasteiger partial charge is 0.265 e. The molecule has 10 heteroatoms. The van der Waals surface area contributed by atoms with E-state index in [0.29, 0.717) is 41.0 Å². The molecule has 2 N–H and O–H groups in total. The topological polar surface area (TPSA) is 104 Å². The molecule has 2 rings (SSSR count). The molecule has 1 aliphatic heterocycles. The molecule has 164 valence electrons. The molecule has 0 unspecified atom stereocenters. The second kappa shape index (κ2) is 10.7. The van der Waals surface area contributed by atoms with Crippen molar-refractivity contribution in [1.29, 1.82) is 0 Å². The Kier molecular flexibility index (Phi) is 8.57. The lowest BCUT2D eigenvalue weighted by molar-refractivity contribution is -0.116. The number of aliphatic hydroxyl groups is 1. The Hall–Kier alpha value is -2.23. The van der Waals surface area contributed by atoms with Gasteiger partial charge >= 0.3 is 0 Å². The van der Waals surface area contributed by atoms with Crippen molar-refractivity contribution in [2.75, 3.05) is 25.1 Å². The lowest BCUT2D eigenvalue weighted by Crippen LogP contribution is -2.55. The van der Waals surface area contributed by atoms with Crippen LogP contribution in [0.3, 0.4) is 0 Å². The number of amides is 1. The molecule has 2 heterocycles. The summed E-state index contributed by atoms with van der Waals surface area (Å²) in [5.41, 5.74) is 1.35. The second-order valence-corrected chi connectivity index (χ2v) is 8.32. The van der Waals surface area contributed by atoms with Crippen LogP contribution in [0, 0.1) is 0 Å². The monoisotopic (exact) mass is 454 g/mol. The van der Waals surface area contributed by atoms with Gasteiger partial charge in [-0.15, -0.1) is 0 Å². The number of nitrogens with zero attached hydrogens (tertiary/aromatic N) is 3. The molecule has 30 heavy (non-hydrogen) atoms. The summed E-state index contributed by atoms with van der Waals surface area (Å²) in [6.07, 6.45) is 1.68. The van der Waals surface area contributed by atoms with E-state index >= 15 is 0 Å². The van der Waals surface area contributed by atoms with Crippen LogP contribution in [0.25, 0.3) is 5.76 Å². The number of ether oxygens (including phenoxy) is 1. The zero-order chi connectivity index (χ0) is 22.4. The van der Waals surface area contributed by atoms with Crippen LogP contribution in [-0.4, -0.2) is 60.3 Å². The summed E-state index contributed by atoms with van der Waals surface area (Å²) in [4.78, 5) is 34.5. The number of anilines is 1. The average molecular weight is 455 g/mol. The number of hydrogen-bond donors (Lipinski definition) is 2. The molecule has 0 bridgehead atoms. The van der Waals surface area contributed by atoms with Crippen molar-refractivity contribution < 1.29 is 19.4 Å². The van der Waals surface area contributed by atoms with Crippen molar-refractivity contribution in [3.8, 4) is 0 Å². The number of allylic oxidation sites excluding steroid dienone is 1. The molecule has 0 aliphatic carbocycles. The maximum absolute atomic E-state index is 12.6. The molecular weight excluding hydrogens is 428 g/mol. The van der Waals surface area contributed by atoms with Gasteiger partial charge in [-0.05, 0) is 32.3 Å². The van der Waals surface area contributed by atoms with Crippen LogP contribution in [0.15, 0.2) is 22.3 Å². The van der Waals surface area contributed by atoms with Gasteiger partial charge in [0.1, 0.15) is 27.2 Å². The van der Waals surface area contributed by atoms with E-state index in [1.165, 1.54) is 11.3 Å². The van der Waals surface area contributed by atoms with Crippen molar-refractivity contribution in [3.63, 3.8) is 0 Å². The highest BCUT2D eigenvalue weighted by atomic mass is 35.5. The third-order valence-electron chi connectivity index (χ3n) is 4.94. The SMILES string of the molecule is C=C(O)c1sc(N2CC[C@@H](NC(=O)/C(C)=N/C(Cl)=C(\C)CC)[C@@H](OC)C2)nc1C=O. The minimum atomic E-state index is -0.297. The zero-order valence-electron chi connectivity index (χ0n) is 17.6. The highest BCUT2D eigenvalue weighted by molar-refractivity contribution is 7.16. The molecule has 1 saturated heterocycles. The van der Waals surface area contributed by atoms with Gasteiger partial charge in [-0.2, -0.15) is 0 Å². The first-order chi connectivity index (χ1) is 14.2. The number of methoxy groups -OCH3 is 1. The third-order valence-corrected chi connectivity index (χ3v) is 6.53. The quantitative estimate of drug-likeness (QED) is 0.269. The molecule has 1 aliphatic rings. The van der Waals surface area contributed by atoms with Crippen LogP contribution in [0.1, 0.15) is 49.0 Å². The number of carbonyl (C=O) groups excluding carboxylic acids is 2. The van der Waals surface area contributed by atoms with Crippen molar-refractivity contribution in [1.82, 2.24) is 10.3 Å². The van der Waals surface area contributed by atoms with Gasteiger partial charge in [0, 0.05) is 20.2 Å². The molecule has 1 amide bonds. The predicted molar refractivity (Wildman–Crippen MR) is 121 cm³/mol. The van der Waals surface area contributed by atoms with Crippen LogP contribution < -0.4 is 10.2 Å². The van der Waals surface area contributed by atoms with E-state index in [1.807, 2.05) is 18.7 Å². The average Bonchev–Trinajstić information content (AvgIpc) is 3.18. The third kappa shape index (κ3) is 5.68. The number of piperidine rings is 1. The van der Waals surface area contributed by atoms with E-state index in [1.54, 1.807) is 14.0 Å². The summed E-state index contributed by atoms with van der Waals surface area (Å²) in [6.45, 7) is 10.0. The number of thiazole rings is 1. The number of halogens is 1. The summed E-state index contributed by atoms with van der Waals surface area (Å²) in [6, 6.07) is -0.211. The summed E-state index contributed by atoms with van der Waals surface area (Å²) in [5.74, 6) is -0.485. The fraction of sp³-hybridized carbons (Fsp3) is 0.500. The molecule has 8 nitrogen and oxygen atoms in total. The van der Waals surface area contributed by atoms with Crippen LogP contribution >= 0.6 is 22.9 Å². The minimum absolute atomic E-state index is 0.158. The summed E-state index contributed by atoms with van der Waals surface area (Å²) >= 11 is 7.33. The summed E-state index contributed by atoms with van der Waals surface area (Å²) < 4.78 is 5.59. The van der Waals surface area contributed by atoms with E-state index < -0.39 is 0 Å². The van der Waals surface area contributed by atoms with Crippen molar-refractivity contribution in [2.45, 2.75) is 45.8 Å². The van der Waals surface area contributed by atoms with Gasteiger partial charge in [-0.25, -0.2) is 9.98 Å². The molecular formula is C20H27ClN4O4S. The fourth-order valence-corrected chi connectivity index (χ4v) is 4.15. The van der Waals surface area contributed by atoms with Gasteiger partial charge < -0.3 is 20.1 Å². The summed E-state index contributed by atoms with van der Waals surface area (Å²) in [5, 5.41) is 13.6. The van der Waals surface area contributed by atoms with Crippen LogP contribution in [0.2, 0.25) is 0 Å². The number of aromatic nitrogens is 1. The molecule has 0 radical (unpaired) electrons. The maximum atomic E-state index is 12.6. The van der Waals surface area contributed by atoms with Crippen LogP contribution in [0.5, 0.6) is 0 Å². The first-order valence-corrected chi connectivity index (χ1v) is 10.7. The second-order valence-electron chi connectivity index (χ2n) is 6.99. The highest BCUT2D eigenvalue weighted by Crippen LogP contribution is 2.31. The Bertz CT molecular complexity index is 880. The number of nitrogens with one attached hydrogen (secondary N) is 1. The lowest BCUT2D eigenvalue weighted by Gasteiger charge is -2.37. The van der Waals surface area contributed by atoms with Gasteiger partial charge in [0.05, 0.1) is 12.1 Å². The van der Waals surface area contributed by atoms with Gasteiger partial charge in [-0.1, -0.05) is 36.4 Å². The normalized spacial score (nSPS) is 20.6. The fourth-order valence-electron chi connectivity index (χ4n) is 2.95. The number of carbonyl (C=O) groups is 2. The van der Waals surface area contributed by atoms with Gasteiger partial charge in [0.15, 0.2) is 11.4 Å². The first kappa shape index (κ1) is 24.0. The van der Waals surface area contributed by atoms with Crippen molar-refractivity contribution in [3.05, 3.63) is 27.9 Å². The van der Waals surface area contributed by atoms with E-state index in [-0.39, 0.29) is 35.2 Å². The van der Waals surface area contributed by atoms with Crippen molar-refractivity contribution >= 4 is 51.7 Å². The lowest BCUT2D eigenvalue weighted by atomic mass is 10.0. The van der Waals surface area contributed by atoms with E-state index in [4.69, 9.17) is 16.3 Å². The van der Waals surface area contributed by atoms with Gasteiger partial charge in [0.25, 0.3) is 5.91 Å². The first-order valence-electron chi connectivity index (χ1n) is 9.55. The standard InChI is InChI=1S/C20H27ClN4O4S/c1-6-11(2)18(21)22-12(3)19(28)23-14-7-8-25(9-16(14)29-5)20-24-15(10-26)17(30-20)13(4)27/h10,14,16,27H,4,6-9H2,1-3,5H3,(H,23,28)/b18-11+,22-12+/t14-,16+/m1/s1. The van der Waals surface area contributed by atoms with E-state index in [0.717, 1.165) is 12.0 Å². The Morgan fingerprint density at radius 2 is 2.23 bits per heavy atom. The minimum Gasteiger partial charge on any atom is -0.507 e. The number of aliphatic imine (C=N–C) groups is 1. The summed E-state index contributed by atoms with van der Waals surface area (Å²) in [7, 11) is 1.58. The molecule has 1 fully saturated rings. The van der Waals surface area contributed by atoms with Crippen molar-refractivity contribution in [2.24, 2.45) is 4.99 Å². The molecule has 0 spiro atoms. The molecule has 0 saturated carbocycles. The number of aldehydes is 1. The molecule has 2 atom stereocenters. The Morgan fingerprint density at radius 3 is 2.77 bits per heavy atom. The van der Waals surface area contributed by atoms with Gasteiger partial charge in [0.2, 0.25) is 0 Å². The Balaban J connectivity index is 2.09. The predicted octanol–water partition coefficient (Wildman–Crippen LogP) is 3.54. The maximum Gasteiger partial charge on any atom is 0.265 e. The molecule has 1 aromatic rings. The van der Waals surface area contributed by atoms with Crippen LogP contribution in [-0.2, 0) is 9.53 Å². The Morgan fingerprint density at radius 1 is 1.53 bits per heavy atom. The van der Waals surface area contributed by atoms with Gasteiger partial charge in [-0.3, -0.25) is 9.59 Å². The Labute approximate surface area is 185 Å². The van der Waals surface area contributed by atoms with Crippen LogP contribution in [0.4, 0.5) is 5.13 Å². The highest BCUT2D eigenvalue weighted by Gasteiger charge is 2.32. The number of aliphatic hydroxyl groups excluding tert-OH is 1.